The van der Waals surface area contributed by atoms with Crippen LogP contribution in [0.3, 0.4) is 0 Å². The van der Waals surface area contributed by atoms with E-state index in [1.54, 1.807) is 23.0 Å². The summed E-state index contributed by atoms with van der Waals surface area (Å²) in [4.78, 5) is 12.8. The largest absolute Gasteiger partial charge is 0.477 e. The van der Waals surface area contributed by atoms with E-state index in [-0.39, 0.29) is 11.9 Å². The van der Waals surface area contributed by atoms with Crippen LogP contribution in [0.5, 0.6) is 5.88 Å². The van der Waals surface area contributed by atoms with Crippen molar-refractivity contribution in [1.82, 2.24) is 30.6 Å². The molecule has 3 aromatic rings. The van der Waals surface area contributed by atoms with E-state index in [1.807, 2.05) is 19.9 Å². The maximum Gasteiger partial charge on any atom is 0.254 e. The smallest absolute Gasteiger partial charge is 0.254 e. The summed E-state index contributed by atoms with van der Waals surface area (Å²) in [7, 11) is 0. The third-order valence-electron chi connectivity index (χ3n) is 5.07. The molecule has 29 heavy (non-hydrogen) atoms. The first-order valence-electron chi connectivity index (χ1n) is 9.78. The van der Waals surface area contributed by atoms with Gasteiger partial charge in [0.1, 0.15) is 0 Å². The minimum Gasteiger partial charge on any atom is -0.477 e. The summed E-state index contributed by atoms with van der Waals surface area (Å²) in [6, 6.07) is 12.0. The summed E-state index contributed by atoms with van der Waals surface area (Å²) in [5.41, 5.74) is 3.81. The number of fused-ring (bicyclic) bond motifs is 1. The summed E-state index contributed by atoms with van der Waals surface area (Å²) >= 11 is 0. The van der Waals surface area contributed by atoms with Crippen molar-refractivity contribution >= 4 is 5.91 Å². The molecule has 1 unspecified atom stereocenters. The van der Waals surface area contributed by atoms with Gasteiger partial charge in [-0.15, -0.1) is 10.2 Å². The Hall–Kier alpha value is -3.26. The molecular formula is C21H24N6O2. The van der Waals surface area contributed by atoms with Gasteiger partial charge in [0, 0.05) is 18.7 Å². The van der Waals surface area contributed by atoms with Crippen molar-refractivity contribution in [2.75, 3.05) is 19.7 Å². The van der Waals surface area contributed by atoms with Gasteiger partial charge in [-0.1, -0.05) is 24.3 Å². The highest BCUT2D eigenvalue weighted by Gasteiger charge is 2.21. The van der Waals surface area contributed by atoms with E-state index in [1.165, 1.54) is 11.1 Å². The second kappa shape index (κ2) is 8.40. The lowest BCUT2D eigenvalue weighted by Crippen LogP contribution is -2.38. The number of hydrogen-bond acceptors (Lipinski definition) is 6. The van der Waals surface area contributed by atoms with Crippen LogP contribution in [0, 0.1) is 6.92 Å². The number of amides is 1. The molecule has 8 heteroatoms. The Labute approximate surface area is 169 Å². The van der Waals surface area contributed by atoms with Crippen LogP contribution in [-0.2, 0) is 6.42 Å². The van der Waals surface area contributed by atoms with Crippen LogP contribution >= 0.6 is 0 Å². The van der Waals surface area contributed by atoms with E-state index in [2.05, 4.69) is 44.1 Å². The number of carbonyl (C=O) groups excluding carboxylic acids is 1. The van der Waals surface area contributed by atoms with Gasteiger partial charge in [-0.3, -0.25) is 4.79 Å². The molecule has 0 radical (unpaired) electrons. The van der Waals surface area contributed by atoms with Crippen molar-refractivity contribution in [2.45, 2.75) is 26.3 Å². The average molecular weight is 392 g/mol. The van der Waals surface area contributed by atoms with E-state index < -0.39 is 0 Å². The number of nitrogens with zero attached hydrogens (tertiary/aromatic N) is 4. The van der Waals surface area contributed by atoms with Crippen molar-refractivity contribution in [3.8, 4) is 11.7 Å². The van der Waals surface area contributed by atoms with E-state index in [0.29, 0.717) is 36.1 Å². The van der Waals surface area contributed by atoms with Gasteiger partial charge in [-0.05, 0) is 44.0 Å². The minimum absolute atomic E-state index is 0.108. The zero-order valence-corrected chi connectivity index (χ0v) is 16.6. The van der Waals surface area contributed by atoms with Gasteiger partial charge in [0.05, 0.1) is 24.1 Å². The summed E-state index contributed by atoms with van der Waals surface area (Å²) < 4.78 is 6.91. The molecule has 0 aliphatic carbocycles. The van der Waals surface area contributed by atoms with E-state index in [4.69, 9.17) is 4.74 Å². The van der Waals surface area contributed by atoms with Gasteiger partial charge in [0.25, 0.3) is 5.91 Å². The molecule has 150 valence electrons. The quantitative estimate of drug-likeness (QED) is 0.666. The Morgan fingerprint density at radius 2 is 2.14 bits per heavy atom. The first kappa shape index (κ1) is 19.1. The predicted octanol–water partition coefficient (Wildman–Crippen LogP) is 1.99. The Balaban J connectivity index is 1.45. The molecular weight excluding hydrogens is 368 g/mol. The Kier molecular flexibility index (Phi) is 5.53. The Morgan fingerprint density at radius 1 is 1.28 bits per heavy atom. The minimum atomic E-state index is -0.155. The zero-order valence-electron chi connectivity index (χ0n) is 16.6. The Morgan fingerprint density at radius 3 is 2.93 bits per heavy atom. The van der Waals surface area contributed by atoms with Gasteiger partial charge in [-0.25, -0.2) is 4.68 Å². The summed E-state index contributed by atoms with van der Waals surface area (Å²) in [5, 5.41) is 19.0. The molecule has 4 rings (SSSR count). The van der Waals surface area contributed by atoms with Crippen LogP contribution in [-0.4, -0.2) is 45.6 Å². The van der Waals surface area contributed by atoms with Crippen molar-refractivity contribution in [3.05, 3.63) is 65.0 Å². The van der Waals surface area contributed by atoms with E-state index in [9.17, 15) is 4.79 Å². The van der Waals surface area contributed by atoms with Crippen LogP contribution in [0.25, 0.3) is 5.82 Å². The number of rotatable bonds is 6. The molecule has 1 atom stereocenters. The normalized spacial score (nSPS) is 15.6. The molecule has 0 fully saturated rings. The standard InChI is InChI=1S/C21H24N6O2/c1-3-29-20-9-8-19(25-26-20)27-14(2)17(12-24-27)21(28)23-13-18-16-7-5-4-6-15(16)10-11-22-18/h4-9,12,18,22H,3,10-11,13H2,1-2H3,(H,23,28). The van der Waals surface area contributed by atoms with E-state index >= 15 is 0 Å². The van der Waals surface area contributed by atoms with Gasteiger partial charge in [-0.2, -0.15) is 5.10 Å². The lowest BCUT2D eigenvalue weighted by Gasteiger charge is -2.27. The summed E-state index contributed by atoms with van der Waals surface area (Å²) in [6.45, 7) is 5.68. The maximum absolute atomic E-state index is 12.8. The van der Waals surface area contributed by atoms with Crippen molar-refractivity contribution < 1.29 is 9.53 Å². The molecule has 3 heterocycles. The highest BCUT2D eigenvalue weighted by atomic mass is 16.5. The number of benzene rings is 1. The molecule has 0 saturated heterocycles. The van der Waals surface area contributed by atoms with Gasteiger partial charge in [0.15, 0.2) is 5.82 Å². The second-order valence-corrected chi connectivity index (χ2v) is 6.88. The number of nitrogens with one attached hydrogen (secondary N) is 2. The molecule has 8 nitrogen and oxygen atoms in total. The lowest BCUT2D eigenvalue weighted by atomic mass is 9.94. The van der Waals surface area contributed by atoms with Crippen molar-refractivity contribution in [2.24, 2.45) is 0 Å². The number of ether oxygens (including phenoxy) is 1. The van der Waals surface area contributed by atoms with Crippen LogP contribution in [0.4, 0.5) is 0 Å². The molecule has 1 amide bonds. The third-order valence-corrected chi connectivity index (χ3v) is 5.07. The van der Waals surface area contributed by atoms with Gasteiger partial charge >= 0.3 is 0 Å². The molecule has 1 aliphatic heterocycles. The molecule has 2 N–H and O–H groups in total. The molecule has 0 spiro atoms. The predicted molar refractivity (Wildman–Crippen MR) is 108 cm³/mol. The first-order chi connectivity index (χ1) is 14.2. The van der Waals surface area contributed by atoms with Crippen LogP contribution in [0.2, 0.25) is 0 Å². The fourth-order valence-electron chi connectivity index (χ4n) is 3.58. The lowest BCUT2D eigenvalue weighted by molar-refractivity contribution is 0.0948. The fourth-order valence-corrected chi connectivity index (χ4v) is 3.58. The van der Waals surface area contributed by atoms with Crippen LogP contribution in [0.1, 0.15) is 40.1 Å². The van der Waals surface area contributed by atoms with E-state index in [0.717, 1.165) is 13.0 Å². The summed E-state index contributed by atoms with van der Waals surface area (Å²) in [5.74, 6) is 0.838. The highest BCUT2D eigenvalue weighted by Crippen LogP contribution is 2.22. The topological polar surface area (TPSA) is 94.0 Å². The molecule has 1 aromatic carbocycles. The highest BCUT2D eigenvalue weighted by molar-refractivity contribution is 5.95. The SMILES string of the molecule is CCOc1ccc(-n2ncc(C(=O)NCC3NCCc4ccccc43)c2C)nn1. The van der Waals surface area contributed by atoms with Gasteiger partial charge < -0.3 is 15.4 Å². The number of aromatic nitrogens is 4. The zero-order chi connectivity index (χ0) is 20.2. The molecule has 1 aliphatic rings. The summed E-state index contributed by atoms with van der Waals surface area (Å²) in [6.07, 6.45) is 2.57. The molecule has 0 saturated carbocycles. The number of carbonyl (C=O) groups is 1. The molecule has 0 bridgehead atoms. The van der Waals surface area contributed by atoms with Crippen molar-refractivity contribution in [3.63, 3.8) is 0 Å². The number of hydrogen-bond donors (Lipinski definition) is 2. The van der Waals surface area contributed by atoms with Gasteiger partial charge in [0.2, 0.25) is 5.88 Å². The fraction of sp³-hybridized carbons (Fsp3) is 0.333. The van der Waals surface area contributed by atoms with Crippen LogP contribution in [0.15, 0.2) is 42.6 Å². The molecule has 2 aromatic heterocycles. The second-order valence-electron chi connectivity index (χ2n) is 6.88. The monoisotopic (exact) mass is 392 g/mol. The third kappa shape index (κ3) is 3.97. The Bertz CT molecular complexity index is 999. The maximum atomic E-state index is 12.8. The average Bonchev–Trinajstić information content (AvgIpc) is 3.14. The van der Waals surface area contributed by atoms with Crippen molar-refractivity contribution in [1.29, 1.82) is 0 Å². The van der Waals surface area contributed by atoms with Crippen LogP contribution < -0.4 is 15.4 Å². The first-order valence-corrected chi connectivity index (χ1v) is 9.78.